The lowest BCUT2D eigenvalue weighted by Gasteiger charge is -2.34. The molecule has 0 heterocycles. The summed E-state index contributed by atoms with van der Waals surface area (Å²) in [6.45, 7) is 14.1. The van der Waals surface area contributed by atoms with Crippen LogP contribution in [0.4, 0.5) is 17.1 Å². The molecule has 1 spiro atoms. The third-order valence-electron chi connectivity index (χ3n) is 16.2. The van der Waals surface area contributed by atoms with Gasteiger partial charge in [-0.15, -0.1) is 0 Å². The van der Waals surface area contributed by atoms with Crippen LogP contribution in [0.2, 0.25) is 0 Å². The Morgan fingerprint density at radius 1 is 0.263 bits per heavy atom. The molecule has 366 valence electrons. The minimum Gasteiger partial charge on any atom is -0.309 e. The maximum absolute atomic E-state index is 2.59. The molecule has 0 unspecified atom stereocenters. The summed E-state index contributed by atoms with van der Waals surface area (Å²) in [5.41, 5.74) is 27.6. The maximum Gasteiger partial charge on any atom is 0.0726 e. The first-order chi connectivity index (χ1) is 37.0. The lowest BCUT2D eigenvalue weighted by molar-refractivity contribution is 0.586. The summed E-state index contributed by atoms with van der Waals surface area (Å²) in [6.07, 6.45) is 0. The van der Waals surface area contributed by atoms with Crippen molar-refractivity contribution >= 4 is 17.1 Å². The quantitative estimate of drug-likeness (QED) is 0.147. The van der Waals surface area contributed by atoms with E-state index in [9.17, 15) is 0 Å². The second kappa shape index (κ2) is 18.3. The Labute approximate surface area is 449 Å². The van der Waals surface area contributed by atoms with Gasteiger partial charge in [-0.25, -0.2) is 0 Å². The lowest BCUT2D eigenvalue weighted by Crippen LogP contribution is -2.27. The fraction of sp³-hybridized carbons (Fsp3) is 0.120. The molecule has 0 saturated heterocycles. The first-order valence-corrected chi connectivity index (χ1v) is 26.9. The monoisotopic (exact) mass is 975 g/mol. The van der Waals surface area contributed by atoms with Crippen LogP contribution in [0, 0.1) is 0 Å². The molecule has 13 rings (SSSR count). The van der Waals surface area contributed by atoms with Gasteiger partial charge in [0.05, 0.1) is 16.8 Å². The third-order valence-corrected chi connectivity index (χ3v) is 16.2. The molecule has 11 aromatic rings. The zero-order valence-corrected chi connectivity index (χ0v) is 44.3. The number of fused-ring (bicyclic) bond motifs is 10. The standard InChI is InChI=1S/C75H61N/c1-73(2,3)55-41-43-62-63-44-42-56(74(4,5)6)49-69(63)75(68(62)48-55)66-37-22-20-36-65(66)72-67(75)38-24-40-71(72)76(57-46-53(50-25-10-7-11-26-50)45-54(47-57)51-27-12-8-13-28-51)70-39-23-21-35-64(70)61-34-19-18-33-60(61)59-32-17-16-31-58(59)52-29-14-9-15-30-52/h7-49H,1-6H3. The summed E-state index contributed by atoms with van der Waals surface area (Å²) < 4.78 is 0. The highest BCUT2D eigenvalue weighted by molar-refractivity contribution is 6.04. The van der Waals surface area contributed by atoms with Crippen molar-refractivity contribution in [2.75, 3.05) is 4.90 Å². The highest BCUT2D eigenvalue weighted by Gasteiger charge is 2.53. The van der Waals surface area contributed by atoms with Crippen molar-refractivity contribution in [3.63, 3.8) is 0 Å². The van der Waals surface area contributed by atoms with Crippen molar-refractivity contribution in [3.05, 3.63) is 294 Å². The molecule has 0 amide bonds. The van der Waals surface area contributed by atoms with Gasteiger partial charge in [0.15, 0.2) is 0 Å². The number of para-hydroxylation sites is 1. The van der Waals surface area contributed by atoms with E-state index in [4.69, 9.17) is 0 Å². The summed E-state index contributed by atoms with van der Waals surface area (Å²) in [5, 5.41) is 0. The Bertz CT molecular complexity index is 3880. The Hall–Kier alpha value is -8.78. The topological polar surface area (TPSA) is 3.24 Å². The third kappa shape index (κ3) is 7.67. The largest absolute Gasteiger partial charge is 0.309 e. The van der Waals surface area contributed by atoms with Gasteiger partial charge >= 0.3 is 0 Å². The second-order valence-electron chi connectivity index (χ2n) is 22.8. The summed E-state index contributed by atoms with van der Waals surface area (Å²) in [6, 6.07) is 97.9. The van der Waals surface area contributed by atoms with Gasteiger partial charge in [-0.1, -0.05) is 272 Å². The Balaban J connectivity index is 1.14. The summed E-state index contributed by atoms with van der Waals surface area (Å²) in [5.74, 6) is 0. The van der Waals surface area contributed by atoms with Gasteiger partial charge < -0.3 is 4.90 Å². The molecule has 0 atom stereocenters. The van der Waals surface area contributed by atoms with Crippen LogP contribution in [0.15, 0.2) is 261 Å². The fourth-order valence-electron chi connectivity index (χ4n) is 12.5. The van der Waals surface area contributed by atoms with E-state index in [2.05, 4.69) is 307 Å². The number of hydrogen-bond acceptors (Lipinski definition) is 1. The molecule has 0 bridgehead atoms. The zero-order valence-electron chi connectivity index (χ0n) is 44.3. The Morgan fingerprint density at radius 2 is 0.671 bits per heavy atom. The zero-order chi connectivity index (χ0) is 51.8. The molecule has 1 heteroatoms. The molecule has 0 fully saturated rings. The predicted octanol–water partition coefficient (Wildman–Crippen LogP) is 20.4. The van der Waals surface area contributed by atoms with Crippen LogP contribution in [-0.2, 0) is 16.2 Å². The number of nitrogens with zero attached hydrogens (tertiary/aromatic N) is 1. The van der Waals surface area contributed by atoms with E-state index < -0.39 is 5.41 Å². The molecule has 1 nitrogen and oxygen atoms in total. The predicted molar refractivity (Wildman–Crippen MR) is 322 cm³/mol. The van der Waals surface area contributed by atoms with E-state index in [1.807, 2.05) is 0 Å². The van der Waals surface area contributed by atoms with Crippen molar-refractivity contribution in [2.24, 2.45) is 0 Å². The molecule has 0 aliphatic heterocycles. The summed E-state index contributed by atoms with van der Waals surface area (Å²) >= 11 is 0. The molecule has 0 aromatic heterocycles. The lowest BCUT2D eigenvalue weighted by atomic mass is 9.69. The molecular weight excluding hydrogens is 915 g/mol. The maximum atomic E-state index is 2.59. The second-order valence-corrected chi connectivity index (χ2v) is 22.8. The first kappa shape index (κ1) is 47.0. The van der Waals surface area contributed by atoms with Crippen molar-refractivity contribution in [1.82, 2.24) is 0 Å². The van der Waals surface area contributed by atoms with Gasteiger partial charge in [0, 0.05) is 16.8 Å². The van der Waals surface area contributed by atoms with Crippen molar-refractivity contribution < 1.29 is 0 Å². The molecular formula is C75H61N. The normalized spacial score (nSPS) is 13.0. The molecule has 2 aliphatic rings. The van der Waals surface area contributed by atoms with Crippen LogP contribution < -0.4 is 4.90 Å². The van der Waals surface area contributed by atoms with Gasteiger partial charge in [-0.05, 0) is 141 Å². The van der Waals surface area contributed by atoms with Crippen LogP contribution in [0.3, 0.4) is 0 Å². The SMILES string of the molecule is CC(C)(C)c1ccc2c(c1)C1(c3cc(C(C)(C)C)ccc3-2)c2ccccc2-c2c(N(c3cc(-c4ccccc4)cc(-c4ccccc4)c3)c3ccccc3-c3ccccc3-c3ccccc3-c3ccccc3)cccc21. The van der Waals surface area contributed by atoms with E-state index >= 15 is 0 Å². The van der Waals surface area contributed by atoms with Crippen LogP contribution in [0.1, 0.15) is 74.9 Å². The molecule has 76 heavy (non-hydrogen) atoms. The van der Waals surface area contributed by atoms with Gasteiger partial charge in [0.1, 0.15) is 0 Å². The Morgan fingerprint density at radius 3 is 1.21 bits per heavy atom. The van der Waals surface area contributed by atoms with Gasteiger partial charge in [-0.3, -0.25) is 0 Å². The molecule has 0 saturated carbocycles. The minimum absolute atomic E-state index is 0.0526. The summed E-state index contributed by atoms with van der Waals surface area (Å²) in [7, 11) is 0. The fourth-order valence-corrected chi connectivity index (χ4v) is 12.5. The number of rotatable bonds is 8. The Kier molecular flexibility index (Phi) is 11.3. The van der Waals surface area contributed by atoms with E-state index in [0.717, 1.165) is 33.8 Å². The van der Waals surface area contributed by atoms with Crippen molar-refractivity contribution in [1.29, 1.82) is 0 Å². The van der Waals surface area contributed by atoms with Gasteiger partial charge in [-0.2, -0.15) is 0 Å². The molecule has 11 aromatic carbocycles. The average Bonchev–Trinajstić information content (AvgIpc) is 4.01. The van der Waals surface area contributed by atoms with Gasteiger partial charge in [0.2, 0.25) is 0 Å². The van der Waals surface area contributed by atoms with Crippen LogP contribution >= 0.6 is 0 Å². The minimum atomic E-state index is -0.574. The van der Waals surface area contributed by atoms with E-state index in [0.29, 0.717) is 0 Å². The number of hydrogen-bond donors (Lipinski definition) is 0. The van der Waals surface area contributed by atoms with E-state index in [-0.39, 0.29) is 10.8 Å². The molecule has 0 radical (unpaired) electrons. The van der Waals surface area contributed by atoms with E-state index in [1.54, 1.807) is 0 Å². The molecule has 2 aliphatic carbocycles. The smallest absolute Gasteiger partial charge is 0.0726 e. The van der Waals surface area contributed by atoms with E-state index in [1.165, 1.54) is 94.6 Å². The summed E-state index contributed by atoms with van der Waals surface area (Å²) in [4.78, 5) is 2.59. The highest BCUT2D eigenvalue weighted by Crippen LogP contribution is 2.66. The van der Waals surface area contributed by atoms with Crippen LogP contribution in [-0.4, -0.2) is 0 Å². The number of benzene rings is 11. The van der Waals surface area contributed by atoms with Crippen LogP contribution in [0.5, 0.6) is 0 Å². The van der Waals surface area contributed by atoms with Crippen molar-refractivity contribution in [2.45, 2.75) is 57.8 Å². The number of anilines is 3. The highest BCUT2D eigenvalue weighted by atomic mass is 15.1. The average molecular weight is 976 g/mol. The molecule has 0 N–H and O–H groups in total. The van der Waals surface area contributed by atoms with Gasteiger partial charge in [0.25, 0.3) is 0 Å². The first-order valence-electron chi connectivity index (χ1n) is 26.9. The van der Waals surface area contributed by atoms with Crippen LogP contribution in [0.25, 0.3) is 77.9 Å². The van der Waals surface area contributed by atoms with Crippen molar-refractivity contribution in [3.8, 4) is 77.9 Å².